The second-order valence-electron chi connectivity index (χ2n) is 9.73. The number of carboxylic acids is 1. The van der Waals surface area contributed by atoms with E-state index in [4.69, 9.17) is 9.16 Å². The molecule has 1 N–H and O–H groups in total. The van der Waals surface area contributed by atoms with Crippen LogP contribution in [-0.4, -0.2) is 37.6 Å². The molecule has 0 spiro atoms. The minimum absolute atomic E-state index is 0. The van der Waals surface area contributed by atoms with E-state index in [9.17, 15) is 23.1 Å². The maximum atomic E-state index is 13.3. The van der Waals surface area contributed by atoms with Crippen molar-refractivity contribution in [3.63, 3.8) is 0 Å². The van der Waals surface area contributed by atoms with Crippen molar-refractivity contribution >= 4 is 14.3 Å². The molecule has 0 amide bonds. The van der Waals surface area contributed by atoms with Gasteiger partial charge in [-0.3, -0.25) is 9.78 Å². The van der Waals surface area contributed by atoms with Crippen LogP contribution in [0.15, 0.2) is 36.5 Å². The third kappa shape index (κ3) is 5.98. The summed E-state index contributed by atoms with van der Waals surface area (Å²) in [6.07, 6.45) is -3.35. The van der Waals surface area contributed by atoms with Crippen LogP contribution in [0.3, 0.4) is 0 Å². The number of carbonyl (C=O) groups is 1. The van der Waals surface area contributed by atoms with Gasteiger partial charge >= 0.3 is 63.5 Å². The molecule has 1 aromatic carbocycles. The third-order valence-electron chi connectivity index (χ3n) is 6.53. The van der Waals surface area contributed by atoms with E-state index in [0.29, 0.717) is 22.3 Å². The normalized spacial score (nSPS) is 16.0. The molecule has 0 aliphatic carbocycles. The average Bonchev–Trinajstić information content (AvgIpc) is 2.64. The van der Waals surface area contributed by atoms with Crippen LogP contribution in [0.2, 0.25) is 18.1 Å². The number of alkyl halides is 3. The minimum Gasteiger partial charge on any atom is -1.00 e. The Bertz CT molecular complexity index is 1010. The zero-order chi connectivity index (χ0) is 23.9. The molecule has 5 nitrogen and oxygen atoms in total. The molecular formula is C23H29F3KNO4Si. The van der Waals surface area contributed by atoms with Crippen LogP contribution in [0.4, 0.5) is 13.2 Å². The van der Waals surface area contributed by atoms with Crippen molar-refractivity contribution in [3.05, 3.63) is 53.3 Å². The van der Waals surface area contributed by atoms with Crippen molar-refractivity contribution < 1.29 is 85.0 Å². The van der Waals surface area contributed by atoms with Gasteiger partial charge in [-0.1, -0.05) is 45.0 Å². The second kappa shape index (κ2) is 10.2. The van der Waals surface area contributed by atoms with Crippen LogP contribution < -0.4 is 51.4 Å². The van der Waals surface area contributed by atoms with Crippen LogP contribution in [0.1, 0.15) is 39.0 Å². The summed E-state index contributed by atoms with van der Waals surface area (Å²) < 4.78 is 51.2. The van der Waals surface area contributed by atoms with E-state index < -0.39 is 31.6 Å². The molecule has 0 radical (unpaired) electrons. The van der Waals surface area contributed by atoms with Gasteiger partial charge in [-0.2, -0.15) is 13.2 Å². The summed E-state index contributed by atoms with van der Waals surface area (Å²) in [5.41, 5.74) is 0.111. The van der Waals surface area contributed by atoms with E-state index in [2.05, 4.69) is 25.8 Å². The number of rotatable bonds is 6. The van der Waals surface area contributed by atoms with Gasteiger partial charge in [-0.25, -0.2) is 0 Å². The molecule has 2 aromatic rings. The standard InChI is InChI=1S/C23H28F3NO4Si.K.H/c1-21(2,3)32(4,5)31-12-16-10-19(23(24,25)26)27-11-18(16)15-6-8-17(9-7-15)22(20(28)29)13-30-14-22;;/h6-11H,12-14H2,1-5H3,(H,28,29);;/q;+1;-1. The van der Waals surface area contributed by atoms with Crippen molar-refractivity contribution in [3.8, 4) is 11.1 Å². The first-order valence-corrected chi connectivity index (χ1v) is 13.2. The Morgan fingerprint density at radius 1 is 1.21 bits per heavy atom. The summed E-state index contributed by atoms with van der Waals surface area (Å²) in [5.74, 6) is -0.962. The van der Waals surface area contributed by atoms with Gasteiger partial charge in [0.15, 0.2) is 8.32 Å². The van der Waals surface area contributed by atoms with Gasteiger partial charge in [0.25, 0.3) is 0 Å². The molecule has 1 aromatic heterocycles. The number of ether oxygens (including phenoxy) is 1. The van der Waals surface area contributed by atoms with Crippen LogP contribution in [-0.2, 0) is 32.2 Å². The quantitative estimate of drug-likeness (QED) is 0.609. The summed E-state index contributed by atoms with van der Waals surface area (Å²) in [5, 5.41) is 9.48. The van der Waals surface area contributed by atoms with Crippen molar-refractivity contribution in [2.24, 2.45) is 0 Å². The smallest absolute Gasteiger partial charge is 1.00 e. The van der Waals surface area contributed by atoms with E-state index >= 15 is 0 Å². The molecule has 0 unspecified atom stereocenters. The second-order valence-corrected chi connectivity index (χ2v) is 14.5. The van der Waals surface area contributed by atoms with Gasteiger partial charge in [0.05, 0.1) is 19.8 Å². The molecule has 3 rings (SSSR count). The minimum atomic E-state index is -4.56. The summed E-state index contributed by atoms with van der Waals surface area (Å²) in [4.78, 5) is 15.3. The fourth-order valence-electron chi connectivity index (χ4n) is 3.19. The monoisotopic (exact) mass is 507 g/mol. The van der Waals surface area contributed by atoms with Gasteiger partial charge in [0, 0.05) is 11.8 Å². The Balaban J connectivity index is 0.00000289. The van der Waals surface area contributed by atoms with Gasteiger partial charge in [0.1, 0.15) is 11.1 Å². The van der Waals surface area contributed by atoms with Gasteiger partial charge in [-0.15, -0.1) is 0 Å². The Morgan fingerprint density at radius 3 is 2.21 bits per heavy atom. The molecule has 1 fully saturated rings. The Hall–Kier alpha value is -0.597. The number of pyridine rings is 1. The van der Waals surface area contributed by atoms with Crippen molar-refractivity contribution in [1.82, 2.24) is 4.98 Å². The number of aromatic nitrogens is 1. The summed E-state index contributed by atoms with van der Waals surface area (Å²) >= 11 is 0. The van der Waals surface area contributed by atoms with Gasteiger partial charge in [-0.05, 0) is 40.9 Å². The molecule has 10 heteroatoms. The first kappa shape index (κ1) is 28.6. The Labute approximate surface area is 237 Å². The molecule has 0 bridgehead atoms. The number of hydrogen-bond donors (Lipinski definition) is 1. The van der Waals surface area contributed by atoms with Crippen molar-refractivity contribution in [2.45, 2.75) is 57.1 Å². The number of carboxylic acid groups (broad SMARTS) is 1. The van der Waals surface area contributed by atoms with Gasteiger partial charge in [0.2, 0.25) is 0 Å². The Morgan fingerprint density at radius 2 is 1.79 bits per heavy atom. The molecule has 2 heterocycles. The number of hydrogen-bond acceptors (Lipinski definition) is 4. The predicted octanol–water partition coefficient (Wildman–Crippen LogP) is 2.76. The topological polar surface area (TPSA) is 68.7 Å². The van der Waals surface area contributed by atoms with E-state index in [-0.39, 0.29) is 77.7 Å². The molecule has 0 atom stereocenters. The van der Waals surface area contributed by atoms with Gasteiger partial charge < -0.3 is 15.7 Å². The maximum Gasteiger partial charge on any atom is 1.00 e. The van der Waals surface area contributed by atoms with E-state index in [1.165, 1.54) is 6.20 Å². The molecule has 1 aliphatic rings. The van der Waals surface area contributed by atoms with Crippen LogP contribution in [0.5, 0.6) is 0 Å². The largest absolute Gasteiger partial charge is 1.00 e. The summed E-state index contributed by atoms with van der Waals surface area (Å²) in [6, 6.07) is 7.82. The zero-order valence-electron chi connectivity index (χ0n) is 20.8. The van der Waals surface area contributed by atoms with Crippen molar-refractivity contribution in [1.29, 1.82) is 0 Å². The first-order chi connectivity index (χ1) is 14.7. The Kier molecular flexibility index (Phi) is 8.83. The molecule has 1 aliphatic heterocycles. The predicted molar refractivity (Wildman–Crippen MR) is 118 cm³/mol. The molecule has 1 saturated heterocycles. The number of halogens is 3. The van der Waals surface area contributed by atoms with Crippen molar-refractivity contribution in [2.75, 3.05) is 13.2 Å². The molecule has 0 saturated carbocycles. The molecule has 33 heavy (non-hydrogen) atoms. The fraction of sp³-hybridized carbons (Fsp3) is 0.478. The zero-order valence-corrected chi connectivity index (χ0v) is 24.0. The summed E-state index contributed by atoms with van der Waals surface area (Å²) in [7, 11) is -2.20. The van der Waals surface area contributed by atoms with Crippen LogP contribution in [0.25, 0.3) is 11.1 Å². The van der Waals surface area contributed by atoms with E-state index in [1.54, 1.807) is 24.3 Å². The van der Waals surface area contributed by atoms with Crippen LogP contribution in [0, 0.1) is 0 Å². The third-order valence-corrected chi connectivity index (χ3v) is 11.0. The number of benzene rings is 1. The molecular weight excluding hydrogens is 478 g/mol. The summed E-state index contributed by atoms with van der Waals surface area (Å²) in [6.45, 7) is 10.5. The maximum absolute atomic E-state index is 13.3. The van der Waals surface area contributed by atoms with Crippen LogP contribution >= 0.6 is 0 Å². The average molecular weight is 508 g/mol. The number of nitrogens with zero attached hydrogens (tertiary/aromatic N) is 1. The van der Waals surface area contributed by atoms with E-state index in [1.807, 2.05) is 13.1 Å². The van der Waals surface area contributed by atoms with E-state index in [0.717, 1.165) is 6.07 Å². The number of aliphatic carboxylic acids is 1. The SMILES string of the molecule is CC(C)(C)[Si](C)(C)OCc1cc(C(F)(F)F)ncc1-c1ccc(C2(C(=O)O)COC2)cc1.[H-].[K+]. The molecule has 176 valence electrons. The fourth-order valence-corrected chi connectivity index (χ4v) is 4.14. The first-order valence-electron chi connectivity index (χ1n) is 10.3.